The number of pyridine rings is 1. The largest absolute Gasteiger partial charge is 0.459 e. The lowest BCUT2D eigenvalue weighted by atomic mass is 9.97. The summed E-state index contributed by atoms with van der Waals surface area (Å²) in [5.74, 6) is 0.226. The highest BCUT2D eigenvalue weighted by Crippen LogP contribution is 2.24. The standard InChI is InChI=1S/C16H19N3O4S.ClH/c1-11-4-6-23-15(11)16(20)19-5-3-14-12(9-18-24(2,21)22)7-17-8-13(14)10-19;/h4,6-8,18H,3,5,9-10H2,1-2H3;1H. The van der Waals surface area contributed by atoms with Crippen LogP contribution in [0.15, 0.2) is 29.1 Å². The molecular weight excluding hydrogens is 366 g/mol. The second-order valence-corrected chi connectivity index (χ2v) is 7.77. The maximum atomic E-state index is 12.6. The lowest BCUT2D eigenvalue weighted by Gasteiger charge is -2.29. The van der Waals surface area contributed by atoms with Crippen LogP contribution in [-0.4, -0.2) is 37.0 Å². The van der Waals surface area contributed by atoms with Crippen molar-refractivity contribution in [1.82, 2.24) is 14.6 Å². The average Bonchev–Trinajstić information content (AvgIpc) is 2.97. The van der Waals surface area contributed by atoms with E-state index in [2.05, 4.69) is 9.71 Å². The van der Waals surface area contributed by atoms with Crippen LogP contribution in [0.5, 0.6) is 0 Å². The Hall–Kier alpha value is -1.90. The van der Waals surface area contributed by atoms with E-state index in [1.54, 1.807) is 23.4 Å². The summed E-state index contributed by atoms with van der Waals surface area (Å²) in [5.41, 5.74) is 3.65. The Morgan fingerprint density at radius 1 is 1.40 bits per heavy atom. The molecule has 0 saturated carbocycles. The number of nitrogens with zero attached hydrogens (tertiary/aromatic N) is 2. The average molecular weight is 386 g/mol. The third-order valence-corrected chi connectivity index (χ3v) is 4.77. The van der Waals surface area contributed by atoms with Gasteiger partial charge in [-0.2, -0.15) is 0 Å². The molecule has 25 heavy (non-hydrogen) atoms. The highest BCUT2D eigenvalue weighted by molar-refractivity contribution is 7.88. The number of fused-ring (bicyclic) bond motifs is 1. The van der Waals surface area contributed by atoms with E-state index in [0.29, 0.717) is 25.3 Å². The predicted octanol–water partition coefficient (Wildman–Crippen LogP) is 1.65. The fourth-order valence-electron chi connectivity index (χ4n) is 2.84. The summed E-state index contributed by atoms with van der Waals surface area (Å²) < 4.78 is 30.3. The van der Waals surface area contributed by atoms with Crippen molar-refractivity contribution in [1.29, 1.82) is 0 Å². The van der Waals surface area contributed by atoms with Gasteiger partial charge in [-0.3, -0.25) is 9.78 Å². The SMILES string of the molecule is Cc1ccoc1C(=O)N1CCc2c(CNS(C)(=O)=O)cncc2C1.Cl. The van der Waals surface area contributed by atoms with Gasteiger partial charge in [0.15, 0.2) is 5.76 Å². The third kappa shape index (κ3) is 4.39. The molecule has 9 heteroatoms. The molecule has 0 bridgehead atoms. The van der Waals surface area contributed by atoms with Crippen LogP contribution in [0.1, 0.15) is 32.8 Å². The zero-order chi connectivity index (χ0) is 17.3. The van der Waals surface area contributed by atoms with Gasteiger partial charge in [-0.25, -0.2) is 13.1 Å². The molecule has 0 aliphatic carbocycles. The fraction of sp³-hybridized carbons (Fsp3) is 0.375. The van der Waals surface area contributed by atoms with Crippen molar-refractivity contribution in [3.63, 3.8) is 0 Å². The van der Waals surface area contributed by atoms with E-state index in [4.69, 9.17) is 4.42 Å². The van der Waals surface area contributed by atoms with Crippen LogP contribution < -0.4 is 4.72 Å². The molecule has 0 atom stereocenters. The van der Waals surface area contributed by atoms with E-state index in [9.17, 15) is 13.2 Å². The van der Waals surface area contributed by atoms with Crippen molar-refractivity contribution in [3.05, 3.63) is 52.7 Å². The first-order valence-electron chi connectivity index (χ1n) is 7.58. The van der Waals surface area contributed by atoms with Crippen molar-refractivity contribution in [2.75, 3.05) is 12.8 Å². The van der Waals surface area contributed by atoms with Crippen molar-refractivity contribution in [2.24, 2.45) is 0 Å². The minimum atomic E-state index is -3.26. The molecule has 0 saturated heterocycles. The van der Waals surface area contributed by atoms with Crippen LogP contribution in [0, 0.1) is 6.92 Å². The molecule has 0 unspecified atom stereocenters. The lowest BCUT2D eigenvalue weighted by Crippen LogP contribution is -2.37. The van der Waals surface area contributed by atoms with E-state index in [1.165, 1.54) is 6.26 Å². The number of amides is 1. The molecule has 1 aliphatic rings. The quantitative estimate of drug-likeness (QED) is 0.863. The normalized spacial score (nSPS) is 13.9. The number of carbonyl (C=O) groups is 1. The Kier molecular flexibility index (Phi) is 5.87. The Morgan fingerprint density at radius 2 is 2.16 bits per heavy atom. The van der Waals surface area contributed by atoms with E-state index in [1.807, 2.05) is 6.92 Å². The molecule has 2 aromatic rings. The first-order valence-corrected chi connectivity index (χ1v) is 9.47. The van der Waals surface area contributed by atoms with Crippen LogP contribution in [0.2, 0.25) is 0 Å². The summed E-state index contributed by atoms with van der Waals surface area (Å²) in [6.45, 7) is 3.04. The Bertz CT molecular complexity index is 879. The maximum Gasteiger partial charge on any atom is 0.290 e. The number of rotatable bonds is 4. The summed E-state index contributed by atoms with van der Waals surface area (Å²) >= 11 is 0. The van der Waals surface area contributed by atoms with E-state index < -0.39 is 10.0 Å². The van der Waals surface area contributed by atoms with Gasteiger partial charge < -0.3 is 9.32 Å². The molecule has 2 aromatic heterocycles. The zero-order valence-corrected chi connectivity index (χ0v) is 15.6. The summed E-state index contributed by atoms with van der Waals surface area (Å²) in [4.78, 5) is 18.5. The molecule has 3 rings (SSSR count). The minimum absolute atomic E-state index is 0. The monoisotopic (exact) mass is 385 g/mol. The van der Waals surface area contributed by atoms with Crippen molar-refractivity contribution in [3.8, 4) is 0 Å². The number of furan rings is 1. The van der Waals surface area contributed by atoms with Crippen LogP contribution in [0.3, 0.4) is 0 Å². The van der Waals surface area contributed by atoms with Gasteiger partial charge in [0.25, 0.3) is 5.91 Å². The van der Waals surface area contributed by atoms with Gasteiger partial charge in [-0.05, 0) is 36.1 Å². The van der Waals surface area contributed by atoms with Crippen molar-refractivity contribution in [2.45, 2.75) is 26.4 Å². The molecule has 1 amide bonds. The zero-order valence-electron chi connectivity index (χ0n) is 14.0. The Labute approximate surface area is 152 Å². The van der Waals surface area contributed by atoms with Gasteiger partial charge in [0.05, 0.1) is 12.5 Å². The number of halogens is 1. The number of aromatic nitrogens is 1. The molecule has 0 radical (unpaired) electrons. The van der Waals surface area contributed by atoms with Gasteiger partial charge >= 0.3 is 0 Å². The molecule has 0 spiro atoms. The van der Waals surface area contributed by atoms with Crippen molar-refractivity contribution >= 4 is 28.3 Å². The smallest absolute Gasteiger partial charge is 0.290 e. The minimum Gasteiger partial charge on any atom is -0.459 e. The number of hydrogen-bond donors (Lipinski definition) is 1. The molecule has 3 heterocycles. The summed E-state index contributed by atoms with van der Waals surface area (Å²) in [6, 6.07) is 1.77. The molecule has 7 nitrogen and oxygen atoms in total. The van der Waals surface area contributed by atoms with Gasteiger partial charge in [0.1, 0.15) is 0 Å². The number of aryl methyl sites for hydroxylation is 1. The van der Waals surface area contributed by atoms with Crippen LogP contribution >= 0.6 is 12.4 Å². The second kappa shape index (κ2) is 7.55. The Morgan fingerprint density at radius 3 is 2.80 bits per heavy atom. The number of nitrogens with one attached hydrogen (secondary N) is 1. The maximum absolute atomic E-state index is 12.6. The highest BCUT2D eigenvalue weighted by atomic mass is 35.5. The van der Waals surface area contributed by atoms with Gasteiger partial charge in [-0.15, -0.1) is 12.4 Å². The molecule has 0 aromatic carbocycles. The molecular formula is C16H20ClN3O4S. The lowest BCUT2D eigenvalue weighted by molar-refractivity contribution is 0.0701. The molecule has 0 fully saturated rings. The first kappa shape index (κ1) is 19.4. The molecule has 1 N–H and O–H groups in total. The van der Waals surface area contributed by atoms with E-state index in [-0.39, 0.29) is 24.9 Å². The summed E-state index contributed by atoms with van der Waals surface area (Å²) in [5, 5.41) is 0. The van der Waals surface area contributed by atoms with Crippen LogP contribution in [0.25, 0.3) is 0 Å². The Balaban J connectivity index is 0.00000225. The second-order valence-electron chi connectivity index (χ2n) is 5.94. The predicted molar refractivity (Wildman–Crippen MR) is 95.1 cm³/mol. The van der Waals surface area contributed by atoms with Crippen LogP contribution in [0.4, 0.5) is 0 Å². The van der Waals surface area contributed by atoms with E-state index >= 15 is 0 Å². The van der Waals surface area contributed by atoms with Gasteiger partial charge in [-0.1, -0.05) is 0 Å². The fourth-order valence-corrected chi connectivity index (χ4v) is 3.26. The van der Waals surface area contributed by atoms with Gasteiger partial charge in [0.2, 0.25) is 10.0 Å². The van der Waals surface area contributed by atoms with E-state index in [0.717, 1.165) is 28.5 Å². The molecule has 1 aliphatic heterocycles. The number of hydrogen-bond acceptors (Lipinski definition) is 5. The third-order valence-electron chi connectivity index (χ3n) is 4.10. The number of carbonyl (C=O) groups excluding carboxylic acids is 1. The number of sulfonamides is 1. The topological polar surface area (TPSA) is 92.5 Å². The van der Waals surface area contributed by atoms with Crippen molar-refractivity contribution < 1.29 is 17.6 Å². The summed E-state index contributed by atoms with van der Waals surface area (Å²) in [7, 11) is -3.26. The summed E-state index contributed by atoms with van der Waals surface area (Å²) in [6.07, 6.45) is 6.70. The van der Waals surface area contributed by atoms with Gasteiger partial charge in [0, 0.05) is 37.6 Å². The highest BCUT2D eigenvalue weighted by Gasteiger charge is 2.26. The first-order chi connectivity index (χ1) is 11.3. The molecule has 136 valence electrons. The van der Waals surface area contributed by atoms with Crippen LogP contribution in [-0.2, 0) is 29.5 Å².